The number of aromatic nitrogens is 1. The first-order valence-corrected chi connectivity index (χ1v) is 8.31. The number of thiazole rings is 1. The molecule has 0 saturated heterocycles. The summed E-state index contributed by atoms with van der Waals surface area (Å²) in [4.78, 5) is 4.60. The first kappa shape index (κ1) is 14.2. The van der Waals surface area contributed by atoms with Crippen molar-refractivity contribution in [1.82, 2.24) is 9.71 Å². The van der Waals surface area contributed by atoms with Gasteiger partial charge in [0.1, 0.15) is 0 Å². The zero-order valence-corrected chi connectivity index (χ0v) is 12.5. The van der Waals surface area contributed by atoms with Gasteiger partial charge in [-0.15, -0.1) is 11.3 Å². The van der Waals surface area contributed by atoms with E-state index in [9.17, 15) is 8.42 Å². The van der Waals surface area contributed by atoms with Crippen LogP contribution in [-0.2, 0) is 16.4 Å². The summed E-state index contributed by atoms with van der Waals surface area (Å²) in [6.45, 7) is 4.22. The largest absolute Gasteiger partial charge is 0.247 e. The van der Waals surface area contributed by atoms with Crippen LogP contribution in [0, 0.1) is 13.8 Å². The van der Waals surface area contributed by atoms with Gasteiger partial charge in [0.15, 0.2) is 0 Å². The lowest BCUT2D eigenvalue weighted by Gasteiger charge is -2.06. The molecule has 1 aromatic carbocycles. The van der Waals surface area contributed by atoms with Crippen LogP contribution < -0.4 is 4.72 Å². The van der Waals surface area contributed by atoms with E-state index in [2.05, 4.69) is 9.71 Å². The zero-order valence-electron chi connectivity index (χ0n) is 10.9. The third kappa shape index (κ3) is 3.86. The van der Waals surface area contributed by atoms with Gasteiger partial charge in [-0.1, -0.05) is 17.7 Å². The number of benzene rings is 1. The van der Waals surface area contributed by atoms with E-state index >= 15 is 0 Å². The van der Waals surface area contributed by atoms with Crippen LogP contribution in [0.3, 0.4) is 0 Å². The number of hydrogen-bond donors (Lipinski definition) is 1. The fourth-order valence-corrected chi connectivity index (χ4v) is 3.42. The standard InChI is InChI=1S/C13H16N2O2S2/c1-10-3-5-12(6-4-10)19(16,17)14-8-7-13-15-11(2)9-18-13/h3-6,9,14H,7-8H2,1-2H3. The van der Waals surface area contributed by atoms with Gasteiger partial charge in [-0.3, -0.25) is 0 Å². The summed E-state index contributed by atoms with van der Waals surface area (Å²) in [7, 11) is -3.41. The minimum absolute atomic E-state index is 0.299. The molecule has 1 N–H and O–H groups in total. The Hall–Kier alpha value is -1.24. The van der Waals surface area contributed by atoms with Gasteiger partial charge in [0.25, 0.3) is 0 Å². The second-order valence-corrected chi connectivity index (χ2v) is 7.05. The van der Waals surface area contributed by atoms with Crippen molar-refractivity contribution in [3.05, 3.63) is 45.9 Å². The van der Waals surface area contributed by atoms with E-state index in [1.54, 1.807) is 35.6 Å². The highest BCUT2D eigenvalue weighted by molar-refractivity contribution is 7.89. The van der Waals surface area contributed by atoms with E-state index in [0.717, 1.165) is 16.3 Å². The Labute approximate surface area is 117 Å². The molecular formula is C13H16N2O2S2. The summed E-state index contributed by atoms with van der Waals surface area (Å²) in [6, 6.07) is 6.81. The average molecular weight is 296 g/mol. The minimum Gasteiger partial charge on any atom is -0.247 e. The highest BCUT2D eigenvalue weighted by atomic mass is 32.2. The zero-order chi connectivity index (χ0) is 13.9. The molecule has 0 bridgehead atoms. The lowest BCUT2D eigenvalue weighted by molar-refractivity contribution is 0.581. The van der Waals surface area contributed by atoms with Crippen LogP contribution in [0.4, 0.5) is 0 Å². The number of aryl methyl sites for hydroxylation is 2. The van der Waals surface area contributed by atoms with Crippen molar-refractivity contribution in [2.24, 2.45) is 0 Å². The molecule has 1 heterocycles. The average Bonchev–Trinajstić information content (AvgIpc) is 2.75. The summed E-state index contributed by atoms with van der Waals surface area (Å²) in [5.74, 6) is 0. The predicted molar refractivity (Wildman–Crippen MR) is 76.9 cm³/mol. The van der Waals surface area contributed by atoms with Crippen molar-refractivity contribution in [3.63, 3.8) is 0 Å². The Kier molecular flexibility index (Phi) is 4.34. The van der Waals surface area contributed by atoms with Crippen molar-refractivity contribution < 1.29 is 8.42 Å². The molecule has 0 aliphatic rings. The summed E-state index contributed by atoms with van der Waals surface area (Å²) in [6.07, 6.45) is 0.615. The number of nitrogens with zero attached hydrogens (tertiary/aromatic N) is 1. The summed E-state index contributed by atoms with van der Waals surface area (Å²) >= 11 is 1.55. The topological polar surface area (TPSA) is 59.1 Å². The Morgan fingerprint density at radius 1 is 1.21 bits per heavy atom. The lowest BCUT2D eigenvalue weighted by atomic mass is 10.2. The number of rotatable bonds is 5. The van der Waals surface area contributed by atoms with Crippen LogP contribution in [0.25, 0.3) is 0 Å². The molecule has 0 fully saturated rings. The van der Waals surface area contributed by atoms with Crippen molar-refractivity contribution >= 4 is 21.4 Å². The second-order valence-electron chi connectivity index (χ2n) is 4.34. The van der Waals surface area contributed by atoms with E-state index in [1.807, 2.05) is 19.2 Å². The molecule has 0 spiro atoms. The highest BCUT2D eigenvalue weighted by Gasteiger charge is 2.13. The predicted octanol–water partition coefficient (Wildman–Crippen LogP) is 2.28. The molecule has 19 heavy (non-hydrogen) atoms. The van der Waals surface area contributed by atoms with Crippen LogP contribution in [0.15, 0.2) is 34.5 Å². The minimum atomic E-state index is -3.41. The van der Waals surface area contributed by atoms with E-state index in [1.165, 1.54) is 0 Å². The van der Waals surface area contributed by atoms with Gasteiger partial charge in [-0.25, -0.2) is 18.1 Å². The molecule has 0 unspecified atom stereocenters. The first-order valence-electron chi connectivity index (χ1n) is 5.95. The van der Waals surface area contributed by atoms with Crippen LogP contribution in [0.2, 0.25) is 0 Å². The van der Waals surface area contributed by atoms with E-state index in [0.29, 0.717) is 17.9 Å². The van der Waals surface area contributed by atoms with Crippen LogP contribution in [-0.4, -0.2) is 19.9 Å². The number of nitrogens with one attached hydrogen (secondary N) is 1. The van der Waals surface area contributed by atoms with Crippen molar-refractivity contribution in [2.75, 3.05) is 6.54 Å². The molecular weight excluding hydrogens is 280 g/mol. The molecule has 1 aromatic heterocycles. The summed E-state index contributed by atoms with van der Waals surface area (Å²) in [5, 5.41) is 2.91. The number of hydrogen-bond acceptors (Lipinski definition) is 4. The molecule has 0 aliphatic carbocycles. The van der Waals surface area contributed by atoms with Crippen LogP contribution in [0.5, 0.6) is 0 Å². The van der Waals surface area contributed by atoms with Crippen LogP contribution >= 0.6 is 11.3 Å². The third-order valence-corrected chi connectivity index (χ3v) is 5.13. The Morgan fingerprint density at radius 3 is 2.47 bits per heavy atom. The molecule has 2 rings (SSSR count). The molecule has 2 aromatic rings. The maximum atomic E-state index is 12.0. The fraction of sp³-hybridized carbons (Fsp3) is 0.308. The van der Waals surface area contributed by atoms with Gasteiger partial charge >= 0.3 is 0 Å². The second kappa shape index (κ2) is 5.81. The number of sulfonamides is 1. The molecule has 6 heteroatoms. The lowest BCUT2D eigenvalue weighted by Crippen LogP contribution is -2.25. The maximum Gasteiger partial charge on any atom is 0.240 e. The molecule has 4 nitrogen and oxygen atoms in total. The van der Waals surface area contributed by atoms with Crippen LogP contribution in [0.1, 0.15) is 16.3 Å². The smallest absolute Gasteiger partial charge is 0.240 e. The Morgan fingerprint density at radius 2 is 1.89 bits per heavy atom. The van der Waals surface area contributed by atoms with Crippen molar-refractivity contribution in [2.45, 2.75) is 25.2 Å². The SMILES string of the molecule is Cc1ccc(S(=O)(=O)NCCc2nc(C)cs2)cc1. The normalized spacial score (nSPS) is 11.7. The summed E-state index contributed by atoms with van der Waals surface area (Å²) < 4.78 is 26.6. The third-order valence-electron chi connectivity index (χ3n) is 2.63. The van der Waals surface area contributed by atoms with Gasteiger partial charge in [-0.05, 0) is 26.0 Å². The van der Waals surface area contributed by atoms with E-state index in [-0.39, 0.29) is 0 Å². The van der Waals surface area contributed by atoms with Gasteiger partial charge in [0.2, 0.25) is 10.0 Å². The molecule has 0 saturated carbocycles. The monoisotopic (exact) mass is 296 g/mol. The molecule has 0 atom stereocenters. The maximum absolute atomic E-state index is 12.0. The van der Waals surface area contributed by atoms with E-state index < -0.39 is 10.0 Å². The van der Waals surface area contributed by atoms with Gasteiger partial charge in [0, 0.05) is 24.0 Å². The Balaban J connectivity index is 1.96. The fourth-order valence-electron chi connectivity index (χ4n) is 1.61. The molecule has 0 aliphatic heterocycles. The van der Waals surface area contributed by atoms with Gasteiger partial charge < -0.3 is 0 Å². The van der Waals surface area contributed by atoms with Crippen molar-refractivity contribution in [1.29, 1.82) is 0 Å². The molecule has 102 valence electrons. The summed E-state index contributed by atoms with van der Waals surface area (Å²) in [5.41, 5.74) is 2.01. The Bertz CT molecular complexity index is 646. The van der Waals surface area contributed by atoms with Gasteiger partial charge in [0.05, 0.1) is 9.90 Å². The molecule has 0 radical (unpaired) electrons. The first-order chi connectivity index (χ1) is 8.97. The quantitative estimate of drug-likeness (QED) is 0.921. The molecule has 0 amide bonds. The van der Waals surface area contributed by atoms with E-state index in [4.69, 9.17) is 0 Å². The van der Waals surface area contributed by atoms with Crippen molar-refractivity contribution in [3.8, 4) is 0 Å². The van der Waals surface area contributed by atoms with Gasteiger partial charge in [-0.2, -0.15) is 0 Å². The highest BCUT2D eigenvalue weighted by Crippen LogP contribution is 2.11.